The molecule has 0 bridgehead atoms. The van der Waals surface area contributed by atoms with E-state index in [1.54, 1.807) is 9.80 Å². The third kappa shape index (κ3) is 4.81. The van der Waals surface area contributed by atoms with Gasteiger partial charge in [0.1, 0.15) is 5.01 Å². The molecule has 3 aromatic rings. The van der Waals surface area contributed by atoms with Gasteiger partial charge in [-0.1, -0.05) is 35.1 Å². The molecule has 35 heavy (non-hydrogen) atoms. The molecule has 180 valence electrons. The molecule has 2 fully saturated rings. The van der Waals surface area contributed by atoms with Crippen LogP contribution in [0.15, 0.2) is 42.5 Å². The molecule has 1 aromatic heterocycles. The van der Waals surface area contributed by atoms with Crippen LogP contribution in [-0.2, 0) is 14.4 Å². The first-order valence-electron chi connectivity index (χ1n) is 11.7. The van der Waals surface area contributed by atoms with Crippen molar-refractivity contribution in [1.82, 2.24) is 10.2 Å². The van der Waals surface area contributed by atoms with Crippen molar-refractivity contribution in [2.45, 2.75) is 39.5 Å². The molecule has 2 atom stereocenters. The van der Waals surface area contributed by atoms with Crippen molar-refractivity contribution in [2.24, 2.45) is 5.92 Å². The summed E-state index contributed by atoms with van der Waals surface area (Å²) in [6, 6.07) is 13.8. The predicted molar refractivity (Wildman–Crippen MR) is 136 cm³/mol. The molecule has 5 rings (SSSR count). The van der Waals surface area contributed by atoms with Gasteiger partial charge in [-0.2, -0.15) is 0 Å². The number of aryl methyl sites for hydroxylation is 3. The van der Waals surface area contributed by atoms with Crippen molar-refractivity contribution < 1.29 is 14.4 Å². The molecule has 2 saturated heterocycles. The minimum atomic E-state index is -0.454. The van der Waals surface area contributed by atoms with E-state index >= 15 is 0 Å². The highest BCUT2D eigenvalue weighted by molar-refractivity contribution is 7.15. The zero-order chi connectivity index (χ0) is 24.7. The van der Waals surface area contributed by atoms with Crippen LogP contribution in [0.2, 0.25) is 0 Å². The number of hydrogen-bond donors (Lipinski definition) is 1. The molecular weight excluding hydrogens is 462 g/mol. The smallest absolute Gasteiger partial charge is 0.231 e. The molecule has 2 aliphatic heterocycles. The lowest BCUT2D eigenvalue weighted by Crippen LogP contribution is -2.28. The average molecular weight is 490 g/mol. The Morgan fingerprint density at radius 1 is 0.857 bits per heavy atom. The average Bonchev–Trinajstić information content (AvgIpc) is 3.52. The highest BCUT2D eigenvalue weighted by atomic mass is 32.1. The number of anilines is 3. The molecule has 3 heterocycles. The molecule has 3 amide bonds. The van der Waals surface area contributed by atoms with Gasteiger partial charge in [0.15, 0.2) is 0 Å². The highest BCUT2D eigenvalue weighted by Gasteiger charge is 2.37. The van der Waals surface area contributed by atoms with E-state index < -0.39 is 5.92 Å². The van der Waals surface area contributed by atoms with Gasteiger partial charge in [-0.05, 0) is 56.2 Å². The van der Waals surface area contributed by atoms with Gasteiger partial charge in [0.05, 0.1) is 5.92 Å². The lowest BCUT2D eigenvalue weighted by Gasteiger charge is -2.17. The van der Waals surface area contributed by atoms with E-state index in [1.165, 1.54) is 11.3 Å². The van der Waals surface area contributed by atoms with Crippen LogP contribution >= 0.6 is 11.3 Å². The summed E-state index contributed by atoms with van der Waals surface area (Å²) in [6.07, 6.45) is 0.519. The Labute approximate surface area is 208 Å². The summed E-state index contributed by atoms with van der Waals surface area (Å²) in [5, 5.41) is 12.3. The largest absolute Gasteiger partial charge is 0.312 e. The van der Waals surface area contributed by atoms with E-state index in [1.807, 2.05) is 57.2 Å². The minimum Gasteiger partial charge on any atom is -0.312 e. The van der Waals surface area contributed by atoms with Gasteiger partial charge in [0.2, 0.25) is 22.9 Å². The van der Waals surface area contributed by atoms with Gasteiger partial charge < -0.3 is 15.1 Å². The number of carbonyl (C=O) groups excluding carboxylic acids is 3. The standard InChI is InChI=1S/C26H27N5O3S/c1-15-4-6-20(7-5-15)30-13-18(11-22(30)32)24(34)27-26-29-28-25(35-26)19-12-23(33)31(14-19)21-9-16(2)8-17(3)10-21/h4-10,18-19H,11-14H2,1-3H3,(H,27,29,34). The van der Waals surface area contributed by atoms with Crippen molar-refractivity contribution in [2.75, 3.05) is 28.2 Å². The Morgan fingerprint density at radius 2 is 1.51 bits per heavy atom. The first kappa shape index (κ1) is 23.2. The Hall–Kier alpha value is -3.59. The first-order valence-corrected chi connectivity index (χ1v) is 12.5. The normalized spacial score (nSPS) is 20.1. The number of benzene rings is 2. The second-order valence-corrected chi connectivity index (χ2v) is 10.4. The van der Waals surface area contributed by atoms with Crippen LogP contribution in [0.25, 0.3) is 0 Å². The van der Waals surface area contributed by atoms with Crippen molar-refractivity contribution in [3.63, 3.8) is 0 Å². The maximum Gasteiger partial charge on any atom is 0.231 e. The summed E-state index contributed by atoms with van der Waals surface area (Å²) in [5.41, 5.74) is 5.04. The van der Waals surface area contributed by atoms with Crippen molar-refractivity contribution in [3.05, 3.63) is 64.2 Å². The quantitative estimate of drug-likeness (QED) is 0.585. The highest BCUT2D eigenvalue weighted by Crippen LogP contribution is 2.35. The fourth-order valence-electron chi connectivity index (χ4n) is 4.74. The van der Waals surface area contributed by atoms with E-state index in [-0.39, 0.29) is 30.1 Å². The van der Waals surface area contributed by atoms with Crippen LogP contribution in [0.1, 0.15) is 40.5 Å². The Morgan fingerprint density at radius 3 is 2.23 bits per heavy atom. The van der Waals surface area contributed by atoms with E-state index in [0.717, 1.165) is 33.1 Å². The van der Waals surface area contributed by atoms with E-state index in [4.69, 9.17) is 0 Å². The van der Waals surface area contributed by atoms with Crippen LogP contribution in [0.5, 0.6) is 0 Å². The number of nitrogens with one attached hydrogen (secondary N) is 1. The summed E-state index contributed by atoms with van der Waals surface area (Å²) in [5.74, 6) is -0.778. The number of nitrogens with zero attached hydrogens (tertiary/aromatic N) is 4. The first-order chi connectivity index (χ1) is 16.8. The molecule has 0 aliphatic carbocycles. The lowest BCUT2D eigenvalue weighted by atomic mass is 10.1. The van der Waals surface area contributed by atoms with Gasteiger partial charge in [-0.3, -0.25) is 14.4 Å². The van der Waals surface area contributed by atoms with Crippen molar-refractivity contribution >= 4 is 45.6 Å². The van der Waals surface area contributed by atoms with Gasteiger partial charge >= 0.3 is 0 Å². The molecule has 1 N–H and O–H groups in total. The summed E-state index contributed by atoms with van der Waals surface area (Å²) < 4.78 is 0. The monoisotopic (exact) mass is 489 g/mol. The molecule has 8 nitrogen and oxygen atoms in total. The number of aromatic nitrogens is 2. The van der Waals surface area contributed by atoms with E-state index in [0.29, 0.717) is 24.6 Å². The molecule has 0 radical (unpaired) electrons. The van der Waals surface area contributed by atoms with Gasteiger partial charge in [-0.15, -0.1) is 10.2 Å². The van der Waals surface area contributed by atoms with Crippen LogP contribution in [0.4, 0.5) is 16.5 Å². The number of hydrogen-bond acceptors (Lipinski definition) is 6. The lowest BCUT2D eigenvalue weighted by molar-refractivity contribution is -0.122. The molecule has 0 saturated carbocycles. The summed E-state index contributed by atoms with van der Waals surface area (Å²) in [4.78, 5) is 41.5. The van der Waals surface area contributed by atoms with Crippen molar-refractivity contribution in [1.29, 1.82) is 0 Å². The van der Waals surface area contributed by atoms with Gasteiger partial charge in [-0.25, -0.2) is 0 Å². The minimum absolute atomic E-state index is 0.0569. The maximum atomic E-state index is 12.9. The molecule has 2 unspecified atom stereocenters. The third-order valence-electron chi connectivity index (χ3n) is 6.50. The Balaban J connectivity index is 1.22. The molecule has 0 spiro atoms. The molecule has 2 aromatic carbocycles. The topological polar surface area (TPSA) is 95.5 Å². The maximum absolute atomic E-state index is 12.9. The zero-order valence-electron chi connectivity index (χ0n) is 19.9. The SMILES string of the molecule is Cc1ccc(N2CC(C(=O)Nc3nnc(C4CC(=O)N(c5cc(C)cc(C)c5)C4)s3)CC2=O)cc1. The Kier molecular flexibility index (Phi) is 6.10. The summed E-state index contributed by atoms with van der Waals surface area (Å²) >= 11 is 1.29. The molecule has 2 aliphatic rings. The zero-order valence-corrected chi connectivity index (χ0v) is 20.8. The fourth-order valence-corrected chi connectivity index (χ4v) is 5.58. The second kappa shape index (κ2) is 9.22. The third-order valence-corrected chi connectivity index (χ3v) is 7.51. The van der Waals surface area contributed by atoms with E-state index in [2.05, 4.69) is 21.6 Å². The van der Waals surface area contributed by atoms with Crippen LogP contribution in [0, 0.1) is 26.7 Å². The predicted octanol–water partition coefficient (Wildman–Crippen LogP) is 3.98. The summed E-state index contributed by atoms with van der Waals surface area (Å²) in [6.45, 7) is 6.90. The molecule has 9 heteroatoms. The van der Waals surface area contributed by atoms with Gasteiger partial charge in [0, 0.05) is 43.2 Å². The number of amides is 3. The van der Waals surface area contributed by atoms with Crippen LogP contribution in [-0.4, -0.2) is 41.0 Å². The number of rotatable bonds is 5. The van der Waals surface area contributed by atoms with Crippen molar-refractivity contribution in [3.8, 4) is 0 Å². The van der Waals surface area contributed by atoms with Crippen LogP contribution < -0.4 is 15.1 Å². The van der Waals surface area contributed by atoms with E-state index in [9.17, 15) is 14.4 Å². The van der Waals surface area contributed by atoms with Crippen LogP contribution in [0.3, 0.4) is 0 Å². The molecular formula is C26H27N5O3S. The fraction of sp³-hybridized carbons (Fsp3) is 0.346. The Bertz CT molecular complexity index is 1280. The van der Waals surface area contributed by atoms with Gasteiger partial charge in [0.25, 0.3) is 0 Å². The second-order valence-electron chi connectivity index (χ2n) is 9.43. The summed E-state index contributed by atoms with van der Waals surface area (Å²) in [7, 11) is 0. The number of carbonyl (C=O) groups is 3.